The zero-order valence-electron chi connectivity index (χ0n) is 45.7. The Morgan fingerprint density at radius 2 is 0.697 bits per heavy atom. The van der Waals surface area contributed by atoms with E-state index in [1.807, 2.05) is 66.7 Å². The first-order chi connectivity index (χ1) is 36.1. The molecule has 11 rings (SSSR count). The van der Waals surface area contributed by atoms with E-state index in [0.717, 1.165) is 82.8 Å². The quantitative estimate of drug-likeness (QED) is 0.165. The highest BCUT2D eigenvalue weighted by molar-refractivity contribution is 6.11. The van der Waals surface area contributed by atoms with Gasteiger partial charge in [-0.05, 0) is 123 Å². The van der Waals surface area contributed by atoms with Gasteiger partial charge >= 0.3 is 0 Å². The molecule has 7 heteroatoms. The lowest BCUT2D eigenvalue weighted by Crippen LogP contribution is -2.10. The van der Waals surface area contributed by atoms with Crippen LogP contribution in [0.4, 0.5) is 0 Å². The van der Waals surface area contributed by atoms with Crippen LogP contribution in [0, 0.1) is 22.7 Å². The Bertz CT molecular complexity index is 4080. The molecule has 3 aromatic heterocycles. The SMILES string of the molecule is CC(C)(C)c1ccc2c(c1)c1cc(C(C)(C)C)ccc1n2-c1cc(-c2nc(-c3ccccc3)nc(-c3ccc(-c4ccccc4C#N)c(-n4c5ccc(C(C)(C)C)cc5c5cc(C(C)(C)C)ccc54)c3)n2)ccc1C#N. The highest BCUT2D eigenvalue weighted by Crippen LogP contribution is 2.43. The van der Waals surface area contributed by atoms with E-state index >= 15 is 0 Å². The fourth-order valence-electron chi connectivity index (χ4n) is 10.6. The number of benzene rings is 8. The fraction of sp³-hybridized carbons (Fsp3) is 0.232. The van der Waals surface area contributed by atoms with Crippen LogP contribution < -0.4 is 0 Å². The molecule has 11 aromatic rings. The summed E-state index contributed by atoms with van der Waals surface area (Å²) in [5.41, 5.74) is 15.7. The first kappa shape index (κ1) is 49.6. The smallest absolute Gasteiger partial charge is 0.164 e. The van der Waals surface area contributed by atoms with Crippen molar-refractivity contribution < 1.29 is 0 Å². The summed E-state index contributed by atoms with van der Waals surface area (Å²) in [7, 11) is 0. The molecule has 0 N–H and O–H groups in total. The zero-order chi connectivity index (χ0) is 53.6. The molecule has 8 aromatic carbocycles. The maximum absolute atomic E-state index is 10.9. The molecule has 0 unspecified atom stereocenters. The Labute approximate surface area is 446 Å². The van der Waals surface area contributed by atoms with E-state index in [0.29, 0.717) is 28.6 Å². The first-order valence-corrected chi connectivity index (χ1v) is 26.3. The van der Waals surface area contributed by atoms with Crippen molar-refractivity contribution in [2.75, 3.05) is 0 Å². The summed E-state index contributed by atoms with van der Waals surface area (Å²) in [6.07, 6.45) is 0. The van der Waals surface area contributed by atoms with Crippen LogP contribution in [-0.2, 0) is 21.7 Å². The van der Waals surface area contributed by atoms with Crippen molar-refractivity contribution in [1.82, 2.24) is 24.1 Å². The van der Waals surface area contributed by atoms with Crippen LogP contribution in [0.25, 0.3) is 100 Å². The van der Waals surface area contributed by atoms with Gasteiger partial charge in [-0.15, -0.1) is 0 Å². The topological polar surface area (TPSA) is 96.1 Å². The first-order valence-electron chi connectivity index (χ1n) is 26.3. The summed E-state index contributed by atoms with van der Waals surface area (Å²) < 4.78 is 4.58. The molecule has 0 radical (unpaired) electrons. The van der Waals surface area contributed by atoms with Gasteiger partial charge in [0.1, 0.15) is 6.07 Å². The minimum atomic E-state index is -0.0701. The summed E-state index contributed by atoms with van der Waals surface area (Å²) in [4.78, 5) is 15.8. The number of rotatable bonds is 6. The number of nitrogens with zero attached hydrogens (tertiary/aromatic N) is 7. The van der Waals surface area contributed by atoms with E-state index in [1.54, 1.807) is 0 Å². The highest BCUT2D eigenvalue weighted by atomic mass is 15.0. The lowest BCUT2D eigenvalue weighted by molar-refractivity contribution is 0.590. The molecule has 0 saturated carbocycles. The molecule has 0 spiro atoms. The van der Waals surface area contributed by atoms with Gasteiger partial charge in [0.05, 0.1) is 50.6 Å². The van der Waals surface area contributed by atoms with Gasteiger partial charge in [-0.1, -0.05) is 168 Å². The largest absolute Gasteiger partial charge is 0.309 e. The number of nitriles is 2. The van der Waals surface area contributed by atoms with Crippen molar-refractivity contribution in [1.29, 1.82) is 10.5 Å². The van der Waals surface area contributed by atoms with Crippen molar-refractivity contribution in [3.8, 4) is 68.8 Å². The number of aromatic nitrogens is 5. The molecular weight excluding hydrogens is 927 g/mol. The van der Waals surface area contributed by atoms with E-state index in [9.17, 15) is 10.5 Å². The van der Waals surface area contributed by atoms with Crippen LogP contribution >= 0.6 is 0 Å². The summed E-state index contributed by atoms with van der Waals surface area (Å²) in [6.45, 7) is 27.0. The molecule has 0 fully saturated rings. The van der Waals surface area contributed by atoms with Gasteiger partial charge in [0, 0.05) is 49.4 Å². The molecule has 0 amide bonds. The number of hydrogen-bond acceptors (Lipinski definition) is 5. The van der Waals surface area contributed by atoms with Crippen LogP contribution in [0.2, 0.25) is 0 Å². The van der Waals surface area contributed by atoms with Crippen LogP contribution in [0.1, 0.15) is 116 Å². The van der Waals surface area contributed by atoms with Crippen molar-refractivity contribution >= 4 is 43.6 Å². The Morgan fingerprint density at radius 1 is 0.329 bits per heavy atom. The molecular formula is C69H63N7. The van der Waals surface area contributed by atoms with Gasteiger partial charge < -0.3 is 9.13 Å². The number of hydrogen-bond donors (Lipinski definition) is 0. The second-order valence-corrected chi connectivity index (χ2v) is 24.5. The lowest BCUT2D eigenvalue weighted by Gasteiger charge is -2.20. The van der Waals surface area contributed by atoms with E-state index in [-0.39, 0.29) is 21.7 Å². The summed E-state index contributed by atoms with van der Waals surface area (Å²) in [5.74, 6) is 1.49. The van der Waals surface area contributed by atoms with Crippen LogP contribution in [0.15, 0.2) is 164 Å². The van der Waals surface area contributed by atoms with Gasteiger partial charge in [0.15, 0.2) is 17.5 Å². The molecule has 0 saturated heterocycles. The van der Waals surface area contributed by atoms with Gasteiger partial charge in [-0.3, -0.25) is 0 Å². The summed E-state index contributed by atoms with van der Waals surface area (Å²) >= 11 is 0. The standard InChI is InChI=1S/C69H63N7/c1-66(2,3)47-25-30-57-53(36-47)54-37-48(67(4,5)6)26-31-58(54)75(57)61-34-43(22-23-46(61)41-71)64-72-63(42-18-14-13-15-19-42)73-65(74-64)44-24-29-52(51-21-17-16-20-45(51)40-70)62(35-44)76-59-32-27-49(68(7,8)9)38-55(59)56-39-50(69(10,11)12)28-33-60(56)76/h13-39H,1-12H3. The van der Waals surface area contributed by atoms with Gasteiger partial charge in [0.2, 0.25) is 0 Å². The van der Waals surface area contributed by atoms with E-state index in [2.05, 4.69) is 201 Å². The second-order valence-electron chi connectivity index (χ2n) is 24.5. The highest BCUT2D eigenvalue weighted by Gasteiger charge is 2.26. The molecule has 0 aliphatic heterocycles. The zero-order valence-corrected chi connectivity index (χ0v) is 45.7. The Kier molecular flexibility index (Phi) is 11.8. The molecule has 0 atom stereocenters. The molecule has 0 bridgehead atoms. The van der Waals surface area contributed by atoms with Gasteiger partial charge in [-0.25, -0.2) is 15.0 Å². The predicted octanol–water partition coefficient (Wildman–Crippen LogP) is 17.7. The maximum Gasteiger partial charge on any atom is 0.164 e. The Morgan fingerprint density at radius 3 is 1.12 bits per heavy atom. The fourth-order valence-corrected chi connectivity index (χ4v) is 10.6. The second kappa shape index (κ2) is 18.0. The Hall–Kier alpha value is -8.65. The minimum Gasteiger partial charge on any atom is -0.309 e. The normalized spacial score (nSPS) is 12.4. The van der Waals surface area contributed by atoms with Gasteiger partial charge in [-0.2, -0.15) is 10.5 Å². The molecule has 374 valence electrons. The van der Waals surface area contributed by atoms with E-state index < -0.39 is 0 Å². The molecule has 0 aliphatic carbocycles. The Balaban J connectivity index is 1.17. The third-order valence-corrected chi connectivity index (χ3v) is 15.1. The van der Waals surface area contributed by atoms with Crippen LogP contribution in [0.5, 0.6) is 0 Å². The molecule has 3 heterocycles. The van der Waals surface area contributed by atoms with E-state index in [1.165, 1.54) is 22.3 Å². The summed E-state index contributed by atoms with van der Waals surface area (Å²) in [5, 5.41) is 26.0. The third kappa shape index (κ3) is 8.70. The third-order valence-electron chi connectivity index (χ3n) is 15.1. The monoisotopic (exact) mass is 990 g/mol. The van der Waals surface area contributed by atoms with Crippen LogP contribution in [-0.4, -0.2) is 24.1 Å². The molecule has 7 nitrogen and oxygen atoms in total. The van der Waals surface area contributed by atoms with E-state index in [4.69, 9.17) is 15.0 Å². The summed E-state index contributed by atoms with van der Waals surface area (Å²) in [6, 6.07) is 62.3. The average Bonchev–Trinajstić information content (AvgIpc) is 3.99. The predicted molar refractivity (Wildman–Crippen MR) is 314 cm³/mol. The average molecular weight is 990 g/mol. The lowest BCUT2D eigenvalue weighted by atomic mass is 9.85. The van der Waals surface area contributed by atoms with Crippen LogP contribution in [0.3, 0.4) is 0 Å². The van der Waals surface area contributed by atoms with Crippen molar-refractivity contribution in [2.45, 2.75) is 105 Å². The van der Waals surface area contributed by atoms with Crippen molar-refractivity contribution in [3.05, 3.63) is 197 Å². The molecule has 76 heavy (non-hydrogen) atoms. The van der Waals surface area contributed by atoms with Crippen molar-refractivity contribution in [3.63, 3.8) is 0 Å². The minimum absolute atomic E-state index is 0.0627. The maximum atomic E-state index is 10.9. The van der Waals surface area contributed by atoms with Crippen molar-refractivity contribution in [2.24, 2.45) is 0 Å². The number of fused-ring (bicyclic) bond motifs is 6. The van der Waals surface area contributed by atoms with Gasteiger partial charge in [0.25, 0.3) is 0 Å². The molecule has 0 aliphatic rings.